The van der Waals surface area contributed by atoms with Gasteiger partial charge in [0.1, 0.15) is 0 Å². The smallest absolute Gasteiger partial charge is 0.242 e. The Morgan fingerprint density at radius 3 is 2.50 bits per heavy atom. The lowest BCUT2D eigenvalue weighted by Crippen LogP contribution is -2.42. The van der Waals surface area contributed by atoms with Crippen LogP contribution < -0.4 is 10.9 Å². The van der Waals surface area contributed by atoms with E-state index in [0.29, 0.717) is 17.9 Å². The summed E-state index contributed by atoms with van der Waals surface area (Å²) in [6, 6.07) is 15.0. The molecule has 1 heterocycles. The van der Waals surface area contributed by atoms with Gasteiger partial charge in [0.25, 0.3) is 0 Å². The molecule has 7 heteroatoms. The van der Waals surface area contributed by atoms with E-state index in [1.54, 1.807) is 35.6 Å². The molecule has 3 aromatic rings. The summed E-state index contributed by atoms with van der Waals surface area (Å²) in [6.45, 7) is 0. The minimum atomic E-state index is -0.271. The summed E-state index contributed by atoms with van der Waals surface area (Å²) in [5.41, 5.74) is 6.70. The number of benzene rings is 2. The van der Waals surface area contributed by atoms with Crippen molar-refractivity contribution in [1.82, 2.24) is 15.8 Å². The molecule has 134 valence electrons. The number of hydrogen-bond acceptors (Lipinski definition) is 4. The molecule has 0 aliphatic rings. The van der Waals surface area contributed by atoms with Crippen LogP contribution in [0.1, 0.15) is 23.4 Å². The Kier molecular flexibility index (Phi) is 6.20. The fraction of sp³-hybridized carbons (Fsp3) is 0.211. The number of carbonyl (C=O) groups excluding carboxylic acids is 2. The van der Waals surface area contributed by atoms with E-state index >= 15 is 0 Å². The lowest BCUT2D eigenvalue weighted by Gasteiger charge is -2.07. The first-order valence-electron chi connectivity index (χ1n) is 8.27. The first-order valence-corrected chi connectivity index (χ1v) is 9.46. The number of para-hydroxylation sites is 1. The van der Waals surface area contributed by atoms with E-state index < -0.39 is 0 Å². The summed E-state index contributed by atoms with van der Waals surface area (Å²) in [6.07, 6.45) is 1.94. The molecule has 26 heavy (non-hydrogen) atoms. The largest absolute Gasteiger partial charge is 0.273 e. The van der Waals surface area contributed by atoms with Crippen LogP contribution in [0.3, 0.4) is 0 Å². The Bertz CT molecular complexity index is 876. The molecule has 0 radical (unpaired) electrons. The van der Waals surface area contributed by atoms with Crippen LogP contribution in [-0.4, -0.2) is 16.8 Å². The van der Waals surface area contributed by atoms with Crippen LogP contribution in [0.2, 0.25) is 5.02 Å². The quantitative estimate of drug-likeness (QED) is 0.634. The number of rotatable bonds is 6. The van der Waals surface area contributed by atoms with Gasteiger partial charge in [-0.1, -0.05) is 35.9 Å². The molecule has 0 unspecified atom stereocenters. The molecule has 0 bridgehead atoms. The zero-order valence-corrected chi connectivity index (χ0v) is 15.6. The normalized spacial score (nSPS) is 10.7. The second kappa shape index (κ2) is 8.78. The van der Waals surface area contributed by atoms with Crippen molar-refractivity contribution in [3.05, 3.63) is 64.1 Å². The van der Waals surface area contributed by atoms with Gasteiger partial charge >= 0.3 is 0 Å². The van der Waals surface area contributed by atoms with E-state index in [-0.39, 0.29) is 18.2 Å². The van der Waals surface area contributed by atoms with Crippen molar-refractivity contribution in [3.63, 3.8) is 0 Å². The van der Waals surface area contributed by atoms with Crippen molar-refractivity contribution >= 4 is 45.0 Å². The Hall–Kier alpha value is -2.44. The Morgan fingerprint density at radius 1 is 1.00 bits per heavy atom. The number of carbonyl (C=O) groups is 2. The van der Waals surface area contributed by atoms with Crippen LogP contribution in [0.5, 0.6) is 0 Å². The van der Waals surface area contributed by atoms with Crippen molar-refractivity contribution in [1.29, 1.82) is 0 Å². The van der Waals surface area contributed by atoms with Crippen LogP contribution in [0.4, 0.5) is 0 Å². The lowest BCUT2D eigenvalue weighted by molar-refractivity contribution is -0.128. The van der Waals surface area contributed by atoms with Crippen molar-refractivity contribution < 1.29 is 9.59 Å². The zero-order valence-electron chi connectivity index (χ0n) is 14.0. The van der Waals surface area contributed by atoms with Crippen LogP contribution in [0.15, 0.2) is 48.5 Å². The van der Waals surface area contributed by atoms with Crippen LogP contribution >= 0.6 is 22.9 Å². The molecule has 5 nitrogen and oxygen atoms in total. The molecule has 0 aliphatic heterocycles. The number of nitrogens with one attached hydrogen (secondary N) is 2. The average molecular weight is 388 g/mol. The van der Waals surface area contributed by atoms with Gasteiger partial charge in [-0.15, -0.1) is 11.3 Å². The molecule has 2 N–H and O–H groups in total. The van der Waals surface area contributed by atoms with Crippen molar-refractivity contribution in [2.45, 2.75) is 25.7 Å². The van der Waals surface area contributed by atoms with Crippen LogP contribution in [0.25, 0.3) is 10.2 Å². The van der Waals surface area contributed by atoms with Crippen LogP contribution in [-0.2, 0) is 22.4 Å². The number of aromatic nitrogens is 1. The maximum atomic E-state index is 11.8. The molecule has 0 atom stereocenters. The number of hydrogen-bond donors (Lipinski definition) is 2. The first-order chi connectivity index (χ1) is 12.6. The number of halogens is 1. The predicted molar refractivity (Wildman–Crippen MR) is 104 cm³/mol. The zero-order chi connectivity index (χ0) is 18.4. The van der Waals surface area contributed by atoms with Gasteiger partial charge < -0.3 is 0 Å². The average Bonchev–Trinajstić information content (AvgIpc) is 3.05. The van der Waals surface area contributed by atoms with Crippen molar-refractivity contribution in [2.24, 2.45) is 0 Å². The van der Waals surface area contributed by atoms with Gasteiger partial charge in [-0.3, -0.25) is 20.4 Å². The van der Waals surface area contributed by atoms with Gasteiger partial charge in [-0.05, 0) is 42.7 Å². The highest BCUT2D eigenvalue weighted by Gasteiger charge is 2.08. The van der Waals surface area contributed by atoms with E-state index in [2.05, 4.69) is 15.8 Å². The van der Waals surface area contributed by atoms with E-state index in [0.717, 1.165) is 27.2 Å². The molecular weight excluding hydrogens is 370 g/mol. The number of thiazole rings is 1. The van der Waals surface area contributed by atoms with E-state index in [1.807, 2.05) is 24.3 Å². The van der Waals surface area contributed by atoms with Gasteiger partial charge in [0.15, 0.2) is 0 Å². The molecule has 0 spiro atoms. The molecule has 0 saturated carbocycles. The molecule has 1 aromatic heterocycles. The van der Waals surface area contributed by atoms with Gasteiger partial charge in [0, 0.05) is 11.4 Å². The Morgan fingerprint density at radius 2 is 1.73 bits per heavy atom. The maximum Gasteiger partial charge on any atom is 0.242 e. The van der Waals surface area contributed by atoms with Crippen molar-refractivity contribution in [3.8, 4) is 0 Å². The van der Waals surface area contributed by atoms with Gasteiger partial charge in [-0.25, -0.2) is 4.98 Å². The number of nitrogens with zero attached hydrogens (tertiary/aromatic N) is 1. The Balaban J connectivity index is 1.37. The highest BCUT2D eigenvalue weighted by Crippen LogP contribution is 2.22. The summed E-state index contributed by atoms with van der Waals surface area (Å²) >= 11 is 7.45. The standard InChI is InChI=1S/C19H18ClN3O2S/c20-14-10-8-13(9-11-14)12-18(25)23-22-17(24)6-3-7-19-21-15-4-1-2-5-16(15)26-19/h1-2,4-5,8-11H,3,6-7,12H2,(H,22,24)(H,23,25). The third-order valence-corrected chi connectivity index (χ3v) is 5.10. The molecule has 3 rings (SSSR count). The SMILES string of the molecule is O=C(CCCc1nc2ccccc2s1)NNC(=O)Cc1ccc(Cl)cc1. The summed E-state index contributed by atoms with van der Waals surface area (Å²) in [4.78, 5) is 28.2. The number of aryl methyl sites for hydroxylation is 1. The van der Waals surface area contributed by atoms with E-state index in [9.17, 15) is 9.59 Å². The molecule has 2 aromatic carbocycles. The van der Waals surface area contributed by atoms with Gasteiger partial charge in [0.05, 0.1) is 21.6 Å². The number of hydrazine groups is 1. The minimum Gasteiger partial charge on any atom is -0.273 e. The summed E-state index contributed by atoms with van der Waals surface area (Å²) in [5, 5.41) is 1.64. The third kappa shape index (κ3) is 5.28. The van der Waals surface area contributed by atoms with Gasteiger partial charge in [-0.2, -0.15) is 0 Å². The second-order valence-electron chi connectivity index (χ2n) is 5.83. The highest BCUT2D eigenvalue weighted by molar-refractivity contribution is 7.18. The second-order valence-corrected chi connectivity index (χ2v) is 7.38. The first kappa shape index (κ1) is 18.4. The summed E-state index contributed by atoms with van der Waals surface area (Å²) < 4.78 is 1.15. The van der Waals surface area contributed by atoms with E-state index in [4.69, 9.17) is 11.6 Å². The fourth-order valence-corrected chi connectivity index (χ4v) is 3.60. The maximum absolute atomic E-state index is 11.8. The predicted octanol–water partition coefficient (Wildman–Crippen LogP) is 3.66. The summed E-state index contributed by atoms with van der Waals surface area (Å²) in [5.74, 6) is -0.484. The highest BCUT2D eigenvalue weighted by atomic mass is 35.5. The van der Waals surface area contributed by atoms with E-state index in [1.165, 1.54) is 0 Å². The molecular formula is C19H18ClN3O2S. The number of fused-ring (bicyclic) bond motifs is 1. The monoisotopic (exact) mass is 387 g/mol. The summed E-state index contributed by atoms with van der Waals surface area (Å²) in [7, 11) is 0. The molecule has 0 aliphatic carbocycles. The fourth-order valence-electron chi connectivity index (χ4n) is 2.46. The minimum absolute atomic E-state index is 0.184. The topological polar surface area (TPSA) is 71.1 Å². The molecule has 2 amide bonds. The van der Waals surface area contributed by atoms with Crippen LogP contribution in [0, 0.1) is 0 Å². The number of amides is 2. The molecule has 0 fully saturated rings. The van der Waals surface area contributed by atoms with Gasteiger partial charge in [0.2, 0.25) is 11.8 Å². The Labute approximate surface area is 160 Å². The third-order valence-electron chi connectivity index (χ3n) is 3.75. The van der Waals surface area contributed by atoms with Crippen molar-refractivity contribution in [2.75, 3.05) is 0 Å². The molecule has 0 saturated heterocycles. The lowest BCUT2D eigenvalue weighted by atomic mass is 10.1.